The molecule has 2 aromatic heterocycles. The second-order valence-electron chi connectivity index (χ2n) is 4.97. The van der Waals surface area contributed by atoms with Crippen LogP contribution in [-0.2, 0) is 6.54 Å². The minimum absolute atomic E-state index is 0.0675. The van der Waals surface area contributed by atoms with Gasteiger partial charge in [0, 0.05) is 18.3 Å². The van der Waals surface area contributed by atoms with Crippen LogP contribution in [0.2, 0.25) is 0 Å². The summed E-state index contributed by atoms with van der Waals surface area (Å²) >= 11 is 0. The molecule has 0 amide bonds. The van der Waals surface area contributed by atoms with Gasteiger partial charge in [0.2, 0.25) is 5.82 Å². The van der Waals surface area contributed by atoms with Crippen molar-refractivity contribution >= 4 is 17.2 Å². The van der Waals surface area contributed by atoms with Crippen LogP contribution in [0.5, 0.6) is 5.75 Å². The highest BCUT2D eigenvalue weighted by Crippen LogP contribution is 2.22. The van der Waals surface area contributed by atoms with E-state index < -0.39 is 16.2 Å². The summed E-state index contributed by atoms with van der Waals surface area (Å²) in [7, 11) is 1.54. The van der Waals surface area contributed by atoms with Gasteiger partial charge in [-0.15, -0.1) is 0 Å². The van der Waals surface area contributed by atoms with E-state index in [-0.39, 0.29) is 12.4 Å². The van der Waals surface area contributed by atoms with Crippen LogP contribution in [0.3, 0.4) is 0 Å². The summed E-state index contributed by atoms with van der Waals surface area (Å²) in [5.74, 6) is 0.576. The zero-order valence-corrected chi connectivity index (χ0v) is 12.8. The Balaban J connectivity index is 2.04. The van der Waals surface area contributed by atoms with E-state index in [1.54, 1.807) is 31.4 Å². The van der Waals surface area contributed by atoms with Gasteiger partial charge in [0.05, 0.1) is 12.0 Å². The van der Waals surface area contributed by atoms with Crippen molar-refractivity contribution in [2.24, 2.45) is 0 Å². The van der Waals surface area contributed by atoms with Gasteiger partial charge < -0.3 is 10.1 Å². The van der Waals surface area contributed by atoms with E-state index in [4.69, 9.17) is 4.74 Å². The van der Waals surface area contributed by atoms with Gasteiger partial charge in [-0.1, -0.05) is 24.3 Å². The summed E-state index contributed by atoms with van der Waals surface area (Å²) in [6.45, 7) is 0.236. The summed E-state index contributed by atoms with van der Waals surface area (Å²) in [4.78, 5) is 27.1. The van der Waals surface area contributed by atoms with Crippen LogP contribution >= 0.6 is 0 Å². The number of anilines is 1. The van der Waals surface area contributed by atoms with Gasteiger partial charge in [-0.3, -0.25) is 19.3 Å². The molecule has 0 spiro atoms. The predicted octanol–water partition coefficient (Wildman–Crippen LogP) is 2.22. The molecule has 8 heteroatoms. The average Bonchev–Trinajstić information content (AvgIpc) is 2.60. The third kappa shape index (κ3) is 2.76. The first kappa shape index (κ1) is 15.5. The highest BCUT2D eigenvalue weighted by molar-refractivity contribution is 5.60. The maximum absolute atomic E-state index is 12.3. The Morgan fingerprint density at radius 1 is 1.25 bits per heavy atom. The summed E-state index contributed by atoms with van der Waals surface area (Å²) in [5, 5.41) is 14.2. The Labute approximate surface area is 136 Å². The van der Waals surface area contributed by atoms with Gasteiger partial charge in [0.25, 0.3) is 0 Å². The van der Waals surface area contributed by atoms with Crippen molar-refractivity contribution in [1.29, 1.82) is 0 Å². The Bertz CT molecular complexity index is 968. The standard InChI is InChI=1S/C16H14N4O4/c1-24-12-7-3-2-6-11(12)10-17-15-14(20(22)23)16(21)19-9-5-4-8-13(19)18-15/h2-9,17H,10H2,1H3. The molecule has 0 saturated heterocycles. The smallest absolute Gasteiger partial charge is 0.376 e. The van der Waals surface area contributed by atoms with E-state index >= 15 is 0 Å². The minimum Gasteiger partial charge on any atom is -0.496 e. The minimum atomic E-state index is -0.729. The Hall–Kier alpha value is -3.42. The van der Waals surface area contributed by atoms with Crippen LogP contribution in [0.15, 0.2) is 53.5 Å². The number of fused-ring (bicyclic) bond motifs is 1. The molecule has 0 unspecified atom stereocenters. The van der Waals surface area contributed by atoms with E-state index in [1.165, 1.54) is 6.20 Å². The molecule has 3 aromatic rings. The Kier molecular flexibility index (Phi) is 4.11. The molecular weight excluding hydrogens is 312 g/mol. The van der Waals surface area contributed by atoms with Crippen molar-refractivity contribution in [2.45, 2.75) is 6.54 Å². The van der Waals surface area contributed by atoms with E-state index in [0.29, 0.717) is 11.4 Å². The second kappa shape index (κ2) is 6.37. The Morgan fingerprint density at radius 3 is 2.75 bits per heavy atom. The molecule has 0 fully saturated rings. The number of aromatic nitrogens is 2. The summed E-state index contributed by atoms with van der Waals surface area (Å²) in [5.41, 5.74) is -0.193. The van der Waals surface area contributed by atoms with Crippen molar-refractivity contribution in [1.82, 2.24) is 9.38 Å². The highest BCUT2D eigenvalue weighted by Gasteiger charge is 2.23. The molecule has 0 atom stereocenters. The molecule has 3 rings (SSSR count). The van der Waals surface area contributed by atoms with Gasteiger partial charge in [-0.2, -0.15) is 0 Å². The number of nitrogens with zero attached hydrogens (tertiary/aromatic N) is 3. The summed E-state index contributed by atoms with van der Waals surface area (Å²) in [6, 6.07) is 12.2. The van der Waals surface area contributed by atoms with Crippen LogP contribution in [-0.4, -0.2) is 21.4 Å². The van der Waals surface area contributed by atoms with Crippen molar-refractivity contribution < 1.29 is 9.66 Å². The van der Waals surface area contributed by atoms with Gasteiger partial charge >= 0.3 is 11.2 Å². The lowest BCUT2D eigenvalue weighted by molar-refractivity contribution is -0.385. The second-order valence-corrected chi connectivity index (χ2v) is 4.97. The lowest BCUT2D eigenvalue weighted by Crippen LogP contribution is -2.21. The lowest BCUT2D eigenvalue weighted by atomic mass is 10.2. The third-order valence-electron chi connectivity index (χ3n) is 3.53. The zero-order chi connectivity index (χ0) is 17.1. The number of benzene rings is 1. The number of ether oxygens (including phenoxy) is 1. The largest absolute Gasteiger partial charge is 0.496 e. The molecule has 24 heavy (non-hydrogen) atoms. The molecule has 0 aliphatic heterocycles. The number of methoxy groups -OCH3 is 1. The molecule has 122 valence electrons. The van der Waals surface area contributed by atoms with Gasteiger partial charge in [-0.25, -0.2) is 4.98 Å². The molecule has 0 radical (unpaired) electrons. The Morgan fingerprint density at radius 2 is 2.00 bits per heavy atom. The first-order valence-corrected chi connectivity index (χ1v) is 7.13. The number of pyridine rings is 1. The monoisotopic (exact) mass is 326 g/mol. The number of para-hydroxylation sites is 1. The van der Waals surface area contributed by atoms with Crippen molar-refractivity contribution in [3.05, 3.63) is 74.7 Å². The average molecular weight is 326 g/mol. The van der Waals surface area contributed by atoms with Crippen LogP contribution in [0.25, 0.3) is 5.65 Å². The molecule has 8 nitrogen and oxygen atoms in total. The maximum Gasteiger partial charge on any atom is 0.376 e. The van der Waals surface area contributed by atoms with Crippen LogP contribution in [0.4, 0.5) is 11.5 Å². The fourth-order valence-corrected chi connectivity index (χ4v) is 2.40. The van der Waals surface area contributed by atoms with Gasteiger partial charge in [-0.05, 0) is 18.2 Å². The molecule has 1 aromatic carbocycles. The fourth-order valence-electron chi connectivity index (χ4n) is 2.40. The molecule has 2 heterocycles. The first-order valence-electron chi connectivity index (χ1n) is 7.13. The third-order valence-corrected chi connectivity index (χ3v) is 3.53. The van der Waals surface area contributed by atoms with Gasteiger partial charge in [0.15, 0.2) is 0 Å². The number of nitrogens with one attached hydrogen (secondary N) is 1. The topological polar surface area (TPSA) is 98.8 Å². The zero-order valence-electron chi connectivity index (χ0n) is 12.8. The van der Waals surface area contributed by atoms with Gasteiger partial charge in [0.1, 0.15) is 11.4 Å². The van der Waals surface area contributed by atoms with E-state index in [2.05, 4.69) is 10.3 Å². The van der Waals surface area contributed by atoms with Crippen LogP contribution in [0.1, 0.15) is 5.56 Å². The van der Waals surface area contributed by atoms with E-state index in [1.807, 2.05) is 18.2 Å². The normalized spacial score (nSPS) is 10.5. The lowest BCUT2D eigenvalue weighted by Gasteiger charge is -2.10. The van der Waals surface area contributed by atoms with Crippen molar-refractivity contribution in [3.8, 4) is 5.75 Å². The van der Waals surface area contributed by atoms with Crippen molar-refractivity contribution in [3.63, 3.8) is 0 Å². The predicted molar refractivity (Wildman–Crippen MR) is 88.4 cm³/mol. The molecular formula is C16H14N4O4. The fraction of sp³-hybridized carbons (Fsp3) is 0.125. The number of hydrogen-bond acceptors (Lipinski definition) is 6. The quantitative estimate of drug-likeness (QED) is 0.570. The number of rotatable bonds is 5. The van der Waals surface area contributed by atoms with E-state index in [0.717, 1.165) is 9.96 Å². The molecule has 1 N–H and O–H groups in total. The molecule has 0 saturated carbocycles. The molecule has 0 bridgehead atoms. The maximum atomic E-state index is 12.3. The first-order chi connectivity index (χ1) is 11.6. The number of hydrogen-bond donors (Lipinski definition) is 1. The molecule has 0 aliphatic rings. The van der Waals surface area contributed by atoms with Crippen LogP contribution in [0, 0.1) is 10.1 Å². The van der Waals surface area contributed by atoms with Crippen molar-refractivity contribution in [2.75, 3.05) is 12.4 Å². The van der Waals surface area contributed by atoms with E-state index in [9.17, 15) is 14.9 Å². The number of nitro groups is 1. The SMILES string of the molecule is COc1ccccc1CNc1nc2ccccn2c(=O)c1[N+](=O)[O-]. The molecule has 0 aliphatic carbocycles. The highest BCUT2D eigenvalue weighted by atomic mass is 16.6. The van der Waals surface area contributed by atoms with Crippen LogP contribution < -0.4 is 15.6 Å². The summed E-state index contributed by atoms with van der Waals surface area (Å²) in [6.07, 6.45) is 1.45. The summed E-state index contributed by atoms with van der Waals surface area (Å²) < 4.78 is 6.39.